The Balaban J connectivity index is 1.46. The SMILES string of the molecule is COc1cc(C(=O)N2CCCN(c3nc4ccccc4[nH]3)CC2)ccc1OC(C)C. The smallest absolute Gasteiger partial charge is 0.254 e. The van der Waals surface area contributed by atoms with Crippen LogP contribution in [-0.2, 0) is 0 Å². The molecule has 7 heteroatoms. The van der Waals surface area contributed by atoms with E-state index in [1.165, 1.54) is 0 Å². The van der Waals surface area contributed by atoms with E-state index in [1.54, 1.807) is 13.2 Å². The van der Waals surface area contributed by atoms with Crippen molar-refractivity contribution in [1.82, 2.24) is 14.9 Å². The Morgan fingerprint density at radius 1 is 1.07 bits per heavy atom. The second kappa shape index (κ2) is 8.65. The maximum atomic E-state index is 13.1. The first-order valence-corrected chi connectivity index (χ1v) is 10.4. The summed E-state index contributed by atoms with van der Waals surface area (Å²) in [7, 11) is 1.59. The third-order valence-electron chi connectivity index (χ3n) is 5.23. The molecule has 0 unspecified atom stereocenters. The molecule has 4 rings (SSSR count). The topological polar surface area (TPSA) is 70.7 Å². The van der Waals surface area contributed by atoms with E-state index >= 15 is 0 Å². The second-order valence-corrected chi connectivity index (χ2v) is 7.74. The van der Waals surface area contributed by atoms with Crippen LogP contribution >= 0.6 is 0 Å². The number of fused-ring (bicyclic) bond motifs is 1. The highest BCUT2D eigenvalue weighted by Gasteiger charge is 2.23. The third-order valence-corrected chi connectivity index (χ3v) is 5.23. The van der Waals surface area contributed by atoms with Gasteiger partial charge < -0.3 is 24.3 Å². The monoisotopic (exact) mass is 408 g/mol. The lowest BCUT2D eigenvalue weighted by Gasteiger charge is -2.22. The van der Waals surface area contributed by atoms with Gasteiger partial charge in [-0.05, 0) is 50.6 Å². The molecule has 30 heavy (non-hydrogen) atoms. The molecule has 0 bridgehead atoms. The second-order valence-electron chi connectivity index (χ2n) is 7.74. The van der Waals surface area contributed by atoms with E-state index in [2.05, 4.69) is 9.88 Å². The van der Waals surface area contributed by atoms with E-state index in [0.717, 1.165) is 36.5 Å². The number of H-pyrrole nitrogens is 1. The normalized spacial score (nSPS) is 14.8. The summed E-state index contributed by atoms with van der Waals surface area (Å²) in [4.78, 5) is 25.3. The number of hydrogen-bond acceptors (Lipinski definition) is 5. The molecule has 1 aliphatic rings. The number of aromatic amines is 1. The molecule has 1 amide bonds. The maximum absolute atomic E-state index is 13.1. The molecular weight excluding hydrogens is 380 g/mol. The molecule has 7 nitrogen and oxygen atoms in total. The van der Waals surface area contributed by atoms with Crippen molar-refractivity contribution in [2.24, 2.45) is 0 Å². The molecule has 2 aromatic carbocycles. The zero-order valence-corrected chi connectivity index (χ0v) is 17.7. The van der Waals surface area contributed by atoms with Crippen molar-refractivity contribution in [1.29, 1.82) is 0 Å². The fourth-order valence-electron chi connectivity index (χ4n) is 3.76. The number of anilines is 1. The standard InChI is InChI=1S/C23H28N4O3/c1-16(2)30-20-10-9-17(15-21(20)29-3)22(28)26-11-6-12-27(14-13-26)23-24-18-7-4-5-8-19(18)25-23/h4-5,7-10,15-16H,6,11-14H2,1-3H3,(H,24,25). The quantitative estimate of drug-likeness (QED) is 0.697. The summed E-state index contributed by atoms with van der Waals surface area (Å²) in [5, 5.41) is 0. The lowest BCUT2D eigenvalue weighted by molar-refractivity contribution is 0.0766. The van der Waals surface area contributed by atoms with E-state index in [0.29, 0.717) is 30.2 Å². The van der Waals surface area contributed by atoms with Crippen molar-refractivity contribution < 1.29 is 14.3 Å². The van der Waals surface area contributed by atoms with Crippen LogP contribution in [0, 0.1) is 0 Å². The van der Waals surface area contributed by atoms with Gasteiger partial charge in [0.15, 0.2) is 11.5 Å². The van der Waals surface area contributed by atoms with Crippen LogP contribution in [0.15, 0.2) is 42.5 Å². The fraction of sp³-hybridized carbons (Fsp3) is 0.391. The van der Waals surface area contributed by atoms with Gasteiger partial charge in [0, 0.05) is 31.7 Å². The van der Waals surface area contributed by atoms with Crippen molar-refractivity contribution in [2.75, 3.05) is 38.2 Å². The molecule has 0 spiro atoms. The molecule has 158 valence electrons. The Hall–Kier alpha value is -3.22. The molecule has 0 aliphatic carbocycles. The Bertz CT molecular complexity index is 997. The zero-order valence-electron chi connectivity index (χ0n) is 17.7. The number of carbonyl (C=O) groups is 1. The van der Waals surface area contributed by atoms with E-state index in [-0.39, 0.29) is 12.0 Å². The number of hydrogen-bond donors (Lipinski definition) is 1. The fourth-order valence-corrected chi connectivity index (χ4v) is 3.76. The molecule has 3 aromatic rings. The Morgan fingerprint density at radius 3 is 2.67 bits per heavy atom. The van der Waals surface area contributed by atoms with Crippen LogP contribution in [-0.4, -0.2) is 60.2 Å². The predicted octanol–water partition coefficient (Wildman–Crippen LogP) is 3.71. The Morgan fingerprint density at radius 2 is 1.90 bits per heavy atom. The van der Waals surface area contributed by atoms with Crippen molar-refractivity contribution in [2.45, 2.75) is 26.4 Å². The lowest BCUT2D eigenvalue weighted by Crippen LogP contribution is -2.35. The average molecular weight is 409 g/mol. The van der Waals surface area contributed by atoms with Gasteiger partial charge in [-0.15, -0.1) is 0 Å². The van der Waals surface area contributed by atoms with E-state index < -0.39 is 0 Å². The highest BCUT2D eigenvalue weighted by Crippen LogP contribution is 2.29. The van der Waals surface area contributed by atoms with Gasteiger partial charge in [-0.3, -0.25) is 4.79 Å². The number of methoxy groups -OCH3 is 1. The molecule has 1 saturated heterocycles. The number of ether oxygens (including phenoxy) is 2. The third kappa shape index (κ3) is 4.20. The molecule has 1 aliphatic heterocycles. The van der Waals surface area contributed by atoms with Crippen LogP contribution in [0.4, 0.5) is 5.95 Å². The number of para-hydroxylation sites is 2. The number of rotatable bonds is 5. The zero-order chi connectivity index (χ0) is 21.1. The van der Waals surface area contributed by atoms with Gasteiger partial charge >= 0.3 is 0 Å². The number of amides is 1. The first-order chi connectivity index (χ1) is 14.5. The van der Waals surface area contributed by atoms with Crippen molar-refractivity contribution in [3.05, 3.63) is 48.0 Å². The van der Waals surface area contributed by atoms with Gasteiger partial charge in [-0.2, -0.15) is 0 Å². The van der Waals surface area contributed by atoms with Crippen molar-refractivity contribution in [3.63, 3.8) is 0 Å². The van der Waals surface area contributed by atoms with Crippen LogP contribution in [0.3, 0.4) is 0 Å². The largest absolute Gasteiger partial charge is 0.493 e. The van der Waals surface area contributed by atoms with Gasteiger partial charge in [0.05, 0.1) is 24.2 Å². The molecule has 0 saturated carbocycles. The van der Waals surface area contributed by atoms with Crippen LogP contribution in [0.25, 0.3) is 11.0 Å². The molecule has 0 atom stereocenters. The number of aromatic nitrogens is 2. The number of carbonyl (C=O) groups excluding carboxylic acids is 1. The van der Waals surface area contributed by atoms with Crippen molar-refractivity contribution >= 4 is 22.9 Å². The maximum Gasteiger partial charge on any atom is 0.254 e. The van der Waals surface area contributed by atoms with E-state index in [1.807, 2.05) is 55.1 Å². The molecule has 1 fully saturated rings. The summed E-state index contributed by atoms with van der Waals surface area (Å²) in [5.41, 5.74) is 2.60. The molecule has 2 heterocycles. The van der Waals surface area contributed by atoms with E-state index in [4.69, 9.17) is 14.5 Å². The number of benzene rings is 2. The minimum Gasteiger partial charge on any atom is -0.493 e. The van der Waals surface area contributed by atoms with Gasteiger partial charge in [0.2, 0.25) is 5.95 Å². The predicted molar refractivity (Wildman–Crippen MR) is 118 cm³/mol. The van der Waals surface area contributed by atoms with Crippen molar-refractivity contribution in [3.8, 4) is 11.5 Å². The summed E-state index contributed by atoms with van der Waals surface area (Å²) < 4.78 is 11.2. The highest BCUT2D eigenvalue weighted by molar-refractivity contribution is 5.95. The van der Waals surface area contributed by atoms with Gasteiger partial charge in [0.1, 0.15) is 0 Å². The van der Waals surface area contributed by atoms with Gasteiger partial charge in [0.25, 0.3) is 5.91 Å². The van der Waals surface area contributed by atoms with Gasteiger partial charge in [-0.25, -0.2) is 4.98 Å². The Kier molecular flexibility index (Phi) is 5.79. The average Bonchev–Trinajstić information content (AvgIpc) is 3.02. The van der Waals surface area contributed by atoms with Crippen LogP contribution < -0.4 is 14.4 Å². The van der Waals surface area contributed by atoms with Crippen LogP contribution in [0.1, 0.15) is 30.6 Å². The number of nitrogens with zero attached hydrogens (tertiary/aromatic N) is 3. The van der Waals surface area contributed by atoms with Crippen LogP contribution in [0.2, 0.25) is 0 Å². The molecule has 0 radical (unpaired) electrons. The van der Waals surface area contributed by atoms with Gasteiger partial charge in [-0.1, -0.05) is 12.1 Å². The number of imidazole rings is 1. The summed E-state index contributed by atoms with van der Waals surface area (Å²) in [6.07, 6.45) is 0.921. The summed E-state index contributed by atoms with van der Waals surface area (Å²) in [6, 6.07) is 13.4. The summed E-state index contributed by atoms with van der Waals surface area (Å²) in [5.74, 6) is 2.10. The molecular formula is C23H28N4O3. The highest BCUT2D eigenvalue weighted by atomic mass is 16.5. The summed E-state index contributed by atoms with van der Waals surface area (Å²) >= 11 is 0. The first kappa shape index (κ1) is 20.1. The lowest BCUT2D eigenvalue weighted by atomic mass is 10.1. The minimum absolute atomic E-state index is 0.0100. The first-order valence-electron chi connectivity index (χ1n) is 10.4. The summed E-state index contributed by atoms with van der Waals surface area (Å²) in [6.45, 7) is 6.86. The molecule has 1 aromatic heterocycles. The molecule has 1 N–H and O–H groups in total. The van der Waals surface area contributed by atoms with E-state index in [9.17, 15) is 4.79 Å². The Labute approximate surface area is 176 Å². The van der Waals surface area contributed by atoms with Crippen LogP contribution in [0.5, 0.6) is 11.5 Å². The number of nitrogens with one attached hydrogen (secondary N) is 1. The minimum atomic E-state index is 0.0100.